The van der Waals surface area contributed by atoms with Crippen LogP contribution in [0.4, 0.5) is 13.2 Å². The first-order valence-corrected chi connectivity index (χ1v) is 9.21. The molecule has 8 heteroatoms. The number of alkyl halides is 3. The molecule has 28 heavy (non-hydrogen) atoms. The van der Waals surface area contributed by atoms with Crippen LogP contribution in [0.15, 0.2) is 55.1 Å². The van der Waals surface area contributed by atoms with Gasteiger partial charge >= 0.3 is 6.18 Å². The van der Waals surface area contributed by atoms with Gasteiger partial charge in [0.15, 0.2) is 0 Å². The van der Waals surface area contributed by atoms with Gasteiger partial charge < -0.3 is 4.74 Å². The van der Waals surface area contributed by atoms with Crippen molar-refractivity contribution in [3.05, 3.63) is 71.3 Å². The molecule has 0 aliphatic rings. The molecule has 0 fully saturated rings. The molecule has 0 aliphatic heterocycles. The lowest BCUT2D eigenvalue weighted by molar-refractivity contribution is -0.138. The molecule has 0 saturated carbocycles. The van der Waals surface area contributed by atoms with E-state index in [4.69, 9.17) is 16.3 Å². The van der Waals surface area contributed by atoms with Crippen molar-refractivity contribution in [3.63, 3.8) is 0 Å². The van der Waals surface area contributed by atoms with Crippen LogP contribution in [0, 0.1) is 0 Å². The van der Waals surface area contributed by atoms with E-state index in [2.05, 4.69) is 10.1 Å². The quantitative estimate of drug-likeness (QED) is 0.458. The van der Waals surface area contributed by atoms with Crippen molar-refractivity contribution >= 4 is 11.6 Å². The number of hydrogen-bond acceptors (Lipinski definition) is 3. The van der Waals surface area contributed by atoms with E-state index in [9.17, 15) is 13.2 Å². The third-order valence-electron chi connectivity index (χ3n) is 4.33. The molecule has 3 rings (SSSR count). The van der Waals surface area contributed by atoms with Gasteiger partial charge in [-0.3, -0.25) is 4.68 Å². The topological polar surface area (TPSA) is 39.9 Å². The first-order chi connectivity index (χ1) is 13.4. The number of nitrogens with zero attached hydrogens (tertiary/aromatic N) is 3. The van der Waals surface area contributed by atoms with Crippen LogP contribution in [0.1, 0.15) is 36.8 Å². The summed E-state index contributed by atoms with van der Waals surface area (Å²) in [5.41, 5.74) is -0.467. The van der Waals surface area contributed by atoms with Gasteiger partial charge in [0.2, 0.25) is 0 Å². The molecule has 0 saturated heterocycles. The minimum absolute atomic E-state index is 0.120. The minimum atomic E-state index is -4.50. The fraction of sp³-hybridized carbons (Fsp3) is 0.300. The van der Waals surface area contributed by atoms with Crippen molar-refractivity contribution in [2.75, 3.05) is 0 Å². The maximum atomic E-state index is 13.8. The highest BCUT2D eigenvalue weighted by Gasteiger charge is 2.36. The molecule has 0 bridgehead atoms. The molecule has 1 aromatic heterocycles. The first-order valence-electron chi connectivity index (χ1n) is 8.83. The van der Waals surface area contributed by atoms with Crippen molar-refractivity contribution in [3.8, 4) is 11.5 Å². The van der Waals surface area contributed by atoms with E-state index in [1.807, 2.05) is 6.92 Å². The van der Waals surface area contributed by atoms with Crippen LogP contribution in [0.2, 0.25) is 5.02 Å². The first kappa shape index (κ1) is 20.2. The number of benzene rings is 2. The minimum Gasteiger partial charge on any atom is -0.457 e. The summed E-state index contributed by atoms with van der Waals surface area (Å²) >= 11 is 5.83. The Bertz CT molecular complexity index is 896. The van der Waals surface area contributed by atoms with Gasteiger partial charge in [0.1, 0.15) is 24.2 Å². The Morgan fingerprint density at radius 1 is 1.11 bits per heavy atom. The summed E-state index contributed by atoms with van der Waals surface area (Å²) in [7, 11) is 0. The molecule has 0 N–H and O–H groups in total. The Morgan fingerprint density at radius 3 is 2.43 bits per heavy atom. The summed E-state index contributed by atoms with van der Waals surface area (Å²) in [5.74, 6) is 0.195. The van der Waals surface area contributed by atoms with E-state index in [1.54, 1.807) is 35.0 Å². The van der Waals surface area contributed by atoms with Crippen molar-refractivity contribution in [2.24, 2.45) is 0 Å². The molecular weight excluding hydrogens is 391 g/mol. The molecule has 2 aromatic carbocycles. The number of rotatable bonds is 7. The SMILES string of the molecule is CCCC(Cn1cncn1)c1ccc(Oc2ccc(Cl)cc2)cc1C(F)(F)F. The largest absolute Gasteiger partial charge is 0.457 e. The van der Waals surface area contributed by atoms with E-state index in [0.29, 0.717) is 23.7 Å². The Balaban J connectivity index is 1.94. The van der Waals surface area contributed by atoms with Gasteiger partial charge in [0, 0.05) is 17.5 Å². The smallest absolute Gasteiger partial charge is 0.416 e. The molecule has 0 spiro atoms. The van der Waals surface area contributed by atoms with Crippen LogP contribution in [-0.2, 0) is 12.7 Å². The van der Waals surface area contributed by atoms with Crippen LogP contribution in [-0.4, -0.2) is 14.8 Å². The third-order valence-corrected chi connectivity index (χ3v) is 4.58. The number of hydrogen-bond donors (Lipinski definition) is 0. The van der Waals surface area contributed by atoms with Gasteiger partial charge in [0.05, 0.1) is 5.56 Å². The van der Waals surface area contributed by atoms with Gasteiger partial charge in [-0.05, 0) is 48.4 Å². The standard InChI is InChI=1S/C20H19ClF3N3O/c1-2-3-14(11-27-13-25-12-26-27)18-9-8-17(10-19(18)20(22,23)24)28-16-6-4-15(21)5-7-16/h4-10,12-14H,2-3,11H2,1H3. The highest BCUT2D eigenvalue weighted by molar-refractivity contribution is 6.30. The summed E-state index contributed by atoms with van der Waals surface area (Å²) in [6.45, 7) is 2.27. The zero-order chi connectivity index (χ0) is 20.1. The average Bonchev–Trinajstić information content (AvgIpc) is 3.16. The van der Waals surface area contributed by atoms with Crippen molar-refractivity contribution in [1.29, 1.82) is 0 Å². The van der Waals surface area contributed by atoms with Crippen molar-refractivity contribution in [2.45, 2.75) is 38.4 Å². The number of halogens is 4. The van der Waals surface area contributed by atoms with E-state index < -0.39 is 11.7 Å². The van der Waals surface area contributed by atoms with Crippen LogP contribution in [0.3, 0.4) is 0 Å². The number of ether oxygens (including phenoxy) is 1. The second kappa shape index (κ2) is 8.65. The summed E-state index contributed by atoms with van der Waals surface area (Å²) in [6, 6.07) is 10.5. The third kappa shape index (κ3) is 5.04. The van der Waals surface area contributed by atoms with Crippen LogP contribution < -0.4 is 4.74 Å². The molecule has 0 amide bonds. The lowest BCUT2D eigenvalue weighted by atomic mass is 9.90. The fourth-order valence-electron chi connectivity index (χ4n) is 3.09. The van der Waals surface area contributed by atoms with Crippen LogP contribution >= 0.6 is 11.6 Å². The maximum absolute atomic E-state index is 13.8. The van der Waals surface area contributed by atoms with E-state index >= 15 is 0 Å². The average molecular weight is 410 g/mol. The highest BCUT2D eigenvalue weighted by Crippen LogP contribution is 2.40. The summed E-state index contributed by atoms with van der Waals surface area (Å²) in [6.07, 6.45) is -0.270. The van der Waals surface area contributed by atoms with Gasteiger partial charge in [-0.1, -0.05) is 31.0 Å². The second-order valence-electron chi connectivity index (χ2n) is 6.41. The molecule has 0 aliphatic carbocycles. The normalized spacial score (nSPS) is 12.8. The molecule has 3 aromatic rings. The van der Waals surface area contributed by atoms with Crippen LogP contribution in [0.5, 0.6) is 11.5 Å². The summed E-state index contributed by atoms with van der Waals surface area (Å²) in [4.78, 5) is 3.87. The van der Waals surface area contributed by atoms with Gasteiger partial charge in [-0.2, -0.15) is 18.3 Å². The second-order valence-corrected chi connectivity index (χ2v) is 6.84. The molecule has 148 valence electrons. The van der Waals surface area contributed by atoms with Crippen molar-refractivity contribution in [1.82, 2.24) is 14.8 Å². The maximum Gasteiger partial charge on any atom is 0.416 e. The predicted octanol–water partition coefficient (Wildman–Crippen LogP) is 6.33. The lowest BCUT2D eigenvalue weighted by Crippen LogP contribution is -2.16. The van der Waals surface area contributed by atoms with E-state index in [-0.39, 0.29) is 17.2 Å². The summed E-state index contributed by atoms with van der Waals surface area (Å²) in [5, 5.41) is 4.55. The van der Waals surface area contributed by atoms with Crippen LogP contribution in [0.25, 0.3) is 0 Å². The molecule has 1 heterocycles. The number of aromatic nitrogens is 3. The van der Waals surface area contributed by atoms with E-state index in [1.165, 1.54) is 18.7 Å². The van der Waals surface area contributed by atoms with Gasteiger partial charge in [-0.15, -0.1) is 0 Å². The molecule has 0 radical (unpaired) electrons. The summed E-state index contributed by atoms with van der Waals surface area (Å²) < 4.78 is 48.5. The van der Waals surface area contributed by atoms with Crippen molar-refractivity contribution < 1.29 is 17.9 Å². The van der Waals surface area contributed by atoms with Gasteiger partial charge in [0.25, 0.3) is 0 Å². The zero-order valence-electron chi connectivity index (χ0n) is 15.2. The molecular formula is C20H19ClF3N3O. The van der Waals surface area contributed by atoms with Gasteiger partial charge in [-0.25, -0.2) is 4.98 Å². The Labute approximate surface area is 165 Å². The Kier molecular flexibility index (Phi) is 6.24. The lowest BCUT2D eigenvalue weighted by Gasteiger charge is -2.22. The monoisotopic (exact) mass is 409 g/mol. The molecule has 1 unspecified atom stereocenters. The molecule has 1 atom stereocenters. The van der Waals surface area contributed by atoms with E-state index in [0.717, 1.165) is 12.5 Å². The Morgan fingerprint density at radius 2 is 1.82 bits per heavy atom. The Hall–Kier alpha value is -2.54. The fourth-order valence-corrected chi connectivity index (χ4v) is 3.21. The predicted molar refractivity (Wildman–Crippen MR) is 101 cm³/mol. The molecule has 4 nitrogen and oxygen atoms in total. The zero-order valence-corrected chi connectivity index (χ0v) is 15.9. The highest BCUT2D eigenvalue weighted by atomic mass is 35.5.